The Labute approximate surface area is 91.5 Å². The lowest BCUT2D eigenvalue weighted by atomic mass is 9.78. The maximum absolute atomic E-state index is 5.05. The standard InChI is InChI=1S/C12H18N2O/c1-2-9-15-13-6-3-12-10-14-7-4-11(12)5-8-14/h1,6,11-12H,3-5,7-10H2. The van der Waals surface area contributed by atoms with E-state index in [1.807, 2.05) is 6.21 Å². The normalized spacial score (nSPS) is 34.2. The third-order valence-electron chi connectivity index (χ3n) is 3.50. The van der Waals surface area contributed by atoms with Crippen LogP contribution in [-0.2, 0) is 4.84 Å². The van der Waals surface area contributed by atoms with Gasteiger partial charge in [-0.15, -0.1) is 6.42 Å². The van der Waals surface area contributed by atoms with Crippen LogP contribution in [0.5, 0.6) is 0 Å². The van der Waals surface area contributed by atoms with Crippen molar-refractivity contribution in [3.05, 3.63) is 0 Å². The number of terminal acetylenes is 1. The minimum atomic E-state index is 0.275. The van der Waals surface area contributed by atoms with E-state index in [1.54, 1.807) is 0 Å². The van der Waals surface area contributed by atoms with Gasteiger partial charge in [0.25, 0.3) is 0 Å². The first-order valence-corrected chi connectivity index (χ1v) is 5.69. The Morgan fingerprint density at radius 2 is 2.27 bits per heavy atom. The van der Waals surface area contributed by atoms with Crippen molar-refractivity contribution >= 4 is 6.21 Å². The van der Waals surface area contributed by atoms with Crippen LogP contribution in [0.1, 0.15) is 19.3 Å². The van der Waals surface area contributed by atoms with Crippen molar-refractivity contribution in [3.8, 4) is 12.3 Å². The number of oxime groups is 1. The molecule has 1 unspecified atom stereocenters. The molecule has 3 fully saturated rings. The molecule has 82 valence electrons. The van der Waals surface area contributed by atoms with Crippen LogP contribution in [0.2, 0.25) is 0 Å². The molecule has 3 rings (SSSR count). The Balaban J connectivity index is 1.71. The highest BCUT2D eigenvalue weighted by atomic mass is 16.6. The van der Waals surface area contributed by atoms with E-state index in [4.69, 9.17) is 11.3 Å². The van der Waals surface area contributed by atoms with Crippen LogP contribution in [-0.4, -0.2) is 37.4 Å². The molecular formula is C12H18N2O. The van der Waals surface area contributed by atoms with Gasteiger partial charge in [0, 0.05) is 12.8 Å². The quantitative estimate of drug-likeness (QED) is 0.300. The van der Waals surface area contributed by atoms with E-state index in [0.29, 0.717) is 0 Å². The molecule has 0 saturated carbocycles. The predicted octanol–water partition coefficient (Wildman–Crippen LogP) is 1.35. The second-order valence-corrected chi connectivity index (χ2v) is 4.40. The average Bonchev–Trinajstić information content (AvgIpc) is 2.30. The monoisotopic (exact) mass is 206 g/mol. The molecule has 0 aromatic rings. The van der Waals surface area contributed by atoms with Crippen molar-refractivity contribution in [1.82, 2.24) is 4.90 Å². The highest BCUT2D eigenvalue weighted by molar-refractivity contribution is 5.56. The first-order chi connectivity index (χ1) is 7.40. The molecule has 0 N–H and O–H groups in total. The fourth-order valence-corrected chi connectivity index (χ4v) is 2.66. The summed E-state index contributed by atoms with van der Waals surface area (Å²) in [6.07, 6.45) is 10.7. The lowest BCUT2D eigenvalue weighted by molar-refractivity contribution is 0.0546. The zero-order valence-corrected chi connectivity index (χ0v) is 9.06. The number of rotatable bonds is 4. The number of nitrogens with zero attached hydrogens (tertiary/aromatic N) is 2. The SMILES string of the molecule is C#CCON=CCC1CN2CCC1CC2. The summed E-state index contributed by atoms with van der Waals surface area (Å²) < 4.78 is 0. The Morgan fingerprint density at radius 1 is 1.47 bits per heavy atom. The van der Waals surface area contributed by atoms with Crippen LogP contribution < -0.4 is 0 Å². The van der Waals surface area contributed by atoms with Gasteiger partial charge in [-0.1, -0.05) is 11.1 Å². The molecule has 3 heteroatoms. The minimum Gasteiger partial charge on any atom is -0.383 e. The van der Waals surface area contributed by atoms with Gasteiger partial charge in [0.2, 0.25) is 0 Å². The molecule has 3 nitrogen and oxygen atoms in total. The van der Waals surface area contributed by atoms with Crippen molar-refractivity contribution in [3.63, 3.8) is 0 Å². The largest absolute Gasteiger partial charge is 0.383 e. The Morgan fingerprint density at radius 3 is 2.87 bits per heavy atom. The van der Waals surface area contributed by atoms with Crippen molar-refractivity contribution in [2.24, 2.45) is 17.0 Å². The Bertz CT molecular complexity index is 261. The number of hydrogen-bond acceptors (Lipinski definition) is 3. The molecule has 1 atom stereocenters. The van der Waals surface area contributed by atoms with Crippen LogP contribution >= 0.6 is 0 Å². The molecule has 2 bridgehead atoms. The molecule has 0 spiro atoms. The molecule has 0 aromatic carbocycles. The molecule has 15 heavy (non-hydrogen) atoms. The lowest BCUT2D eigenvalue weighted by Gasteiger charge is -2.44. The minimum absolute atomic E-state index is 0.275. The number of hydrogen-bond donors (Lipinski definition) is 0. The summed E-state index contributed by atoms with van der Waals surface area (Å²) in [4.78, 5) is 7.43. The van der Waals surface area contributed by atoms with Crippen LogP contribution in [0.15, 0.2) is 5.16 Å². The third-order valence-corrected chi connectivity index (χ3v) is 3.50. The highest BCUT2D eigenvalue weighted by Crippen LogP contribution is 2.33. The molecule has 0 aliphatic carbocycles. The summed E-state index contributed by atoms with van der Waals surface area (Å²) in [6.45, 7) is 4.11. The van der Waals surface area contributed by atoms with Gasteiger partial charge in [-0.3, -0.25) is 0 Å². The van der Waals surface area contributed by atoms with E-state index in [9.17, 15) is 0 Å². The van der Waals surface area contributed by atoms with E-state index in [0.717, 1.165) is 18.3 Å². The van der Waals surface area contributed by atoms with Crippen LogP contribution in [0.3, 0.4) is 0 Å². The lowest BCUT2D eigenvalue weighted by Crippen LogP contribution is -2.47. The third kappa shape index (κ3) is 2.73. The molecule has 3 aliphatic rings. The molecule has 0 radical (unpaired) electrons. The van der Waals surface area contributed by atoms with Crippen molar-refractivity contribution < 1.29 is 4.84 Å². The smallest absolute Gasteiger partial charge is 0.177 e. The van der Waals surface area contributed by atoms with E-state index in [1.165, 1.54) is 32.5 Å². The average molecular weight is 206 g/mol. The second kappa shape index (κ2) is 5.18. The number of piperidine rings is 3. The van der Waals surface area contributed by atoms with Gasteiger partial charge in [0.15, 0.2) is 6.61 Å². The van der Waals surface area contributed by atoms with E-state index >= 15 is 0 Å². The highest BCUT2D eigenvalue weighted by Gasteiger charge is 2.33. The van der Waals surface area contributed by atoms with Crippen LogP contribution in [0.4, 0.5) is 0 Å². The fraction of sp³-hybridized carbons (Fsp3) is 0.750. The van der Waals surface area contributed by atoms with Crippen molar-refractivity contribution in [2.45, 2.75) is 19.3 Å². The van der Waals surface area contributed by atoms with Gasteiger partial charge in [-0.2, -0.15) is 0 Å². The van der Waals surface area contributed by atoms with Crippen LogP contribution in [0, 0.1) is 24.2 Å². The van der Waals surface area contributed by atoms with E-state index < -0.39 is 0 Å². The molecule has 3 heterocycles. The van der Waals surface area contributed by atoms with Crippen LogP contribution in [0.25, 0.3) is 0 Å². The predicted molar refractivity (Wildman–Crippen MR) is 60.5 cm³/mol. The summed E-state index contributed by atoms with van der Waals surface area (Å²) in [5.74, 6) is 4.08. The van der Waals surface area contributed by atoms with Gasteiger partial charge >= 0.3 is 0 Å². The van der Waals surface area contributed by atoms with E-state index in [-0.39, 0.29) is 6.61 Å². The van der Waals surface area contributed by atoms with Gasteiger partial charge in [-0.25, -0.2) is 0 Å². The van der Waals surface area contributed by atoms with Gasteiger partial charge in [0.1, 0.15) is 0 Å². The van der Waals surface area contributed by atoms with Gasteiger partial charge in [-0.05, 0) is 44.2 Å². The first kappa shape index (κ1) is 10.5. The van der Waals surface area contributed by atoms with Crippen molar-refractivity contribution in [1.29, 1.82) is 0 Å². The van der Waals surface area contributed by atoms with Crippen molar-refractivity contribution in [2.75, 3.05) is 26.2 Å². The summed E-state index contributed by atoms with van der Waals surface area (Å²) in [5, 5.41) is 3.85. The summed E-state index contributed by atoms with van der Waals surface area (Å²) in [5.41, 5.74) is 0. The molecule has 0 aromatic heterocycles. The van der Waals surface area contributed by atoms with Gasteiger partial charge in [0.05, 0.1) is 0 Å². The molecular weight excluding hydrogens is 188 g/mol. The zero-order valence-electron chi connectivity index (χ0n) is 9.06. The second-order valence-electron chi connectivity index (χ2n) is 4.40. The molecule has 0 amide bonds. The summed E-state index contributed by atoms with van der Waals surface area (Å²) in [6, 6.07) is 0. The molecule has 3 saturated heterocycles. The first-order valence-electron chi connectivity index (χ1n) is 5.69. The maximum Gasteiger partial charge on any atom is 0.177 e. The number of fused-ring (bicyclic) bond motifs is 3. The fourth-order valence-electron chi connectivity index (χ4n) is 2.66. The van der Waals surface area contributed by atoms with E-state index in [2.05, 4.69) is 16.0 Å². The molecule has 3 aliphatic heterocycles. The maximum atomic E-state index is 5.05. The summed E-state index contributed by atoms with van der Waals surface area (Å²) in [7, 11) is 0. The topological polar surface area (TPSA) is 24.8 Å². The van der Waals surface area contributed by atoms with Gasteiger partial charge < -0.3 is 9.74 Å². The zero-order chi connectivity index (χ0) is 10.5. The summed E-state index contributed by atoms with van der Waals surface area (Å²) >= 11 is 0. The Kier molecular flexibility index (Phi) is 3.63. The Hall–Kier alpha value is -1.01.